The monoisotopic (exact) mass is 404 g/mol. The van der Waals surface area contributed by atoms with Crippen molar-refractivity contribution in [3.05, 3.63) is 70.9 Å². The summed E-state index contributed by atoms with van der Waals surface area (Å²) in [6, 6.07) is 14.1. The Kier molecular flexibility index (Phi) is 6.23. The lowest BCUT2D eigenvalue weighted by Gasteiger charge is -2.19. The molecule has 4 rings (SSSR count). The zero-order valence-corrected chi connectivity index (χ0v) is 17.4. The van der Waals surface area contributed by atoms with Gasteiger partial charge in [-0.25, -0.2) is 4.98 Å². The van der Waals surface area contributed by atoms with Crippen LogP contribution < -0.4 is 21.3 Å². The summed E-state index contributed by atoms with van der Waals surface area (Å²) in [6.07, 6.45) is 2.93. The van der Waals surface area contributed by atoms with Crippen molar-refractivity contribution in [2.45, 2.75) is 32.5 Å². The van der Waals surface area contributed by atoms with Gasteiger partial charge >= 0.3 is 0 Å². The van der Waals surface area contributed by atoms with Crippen LogP contribution in [0.4, 0.5) is 23.1 Å². The van der Waals surface area contributed by atoms with Gasteiger partial charge in [-0.2, -0.15) is 4.98 Å². The molecule has 2 heterocycles. The number of anilines is 4. The molecule has 0 saturated heterocycles. The predicted molar refractivity (Wildman–Crippen MR) is 120 cm³/mol. The molecule has 0 amide bonds. The van der Waals surface area contributed by atoms with Crippen LogP contribution in [-0.2, 0) is 19.4 Å². The molecule has 156 valence electrons. The summed E-state index contributed by atoms with van der Waals surface area (Å²) in [5.74, 6) is 1.26. The lowest BCUT2D eigenvalue weighted by atomic mass is 10.0. The van der Waals surface area contributed by atoms with Crippen LogP contribution >= 0.6 is 0 Å². The number of para-hydroxylation sites is 1. The van der Waals surface area contributed by atoms with Gasteiger partial charge in [0.15, 0.2) is 0 Å². The zero-order valence-electron chi connectivity index (χ0n) is 17.4. The maximum Gasteiger partial charge on any atom is 0.229 e. The molecule has 30 heavy (non-hydrogen) atoms. The number of fused-ring (bicyclic) bond motifs is 1. The van der Waals surface area contributed by atoms with Crippen molar-refractivity contribution in [1.29, 1.82) is 0 Å². The highest BCUT2D eigenvalue weighted by molar-refractivity contribution is 5.65. The number of aliphatic hydroxyl groups is 1. The summed E-state index contributed by atoms with van der Waals surface area (Å²) in [7, 11) is 1.72. The van der Waals surface area contributed by atoms with E-state index in [1.165, 1.54) is 11.1 Å². The smallest absolute Gasteiger partial charge is 0.229 e. The van der Waals surface area contributed by atoms with E-state index in [1.54, 1.807) is 7.05 Å². The highest BCUT2D eigenvalue weighted by atomic mass is 16.3. The number of aliphatic hydroxyl groups excluding tert-OH is 1. The average molecular weight is 405 g/mol. The van der Waals surface area contributed by atoms with E-state index in [4.69, 9.17) is 4.98 Å². The average Bonchev–Trinajstić information content (AvgIpc) is 2.79. The normalized spacial score (nSPS) is 14.1. The van der Waals surface area contributed by atoms with Crippen molar-refractivity contribution in [2.75, 3.05) is 24.2 Å². The summed E-state index contributed by atoms with van der Waals surface area (Å²) in [5.41, 5.74) is 6.24. The highest BCUT2D eigenvalue weighted by Crippen LogP contribution is 2.27. The van der Waals surface area contributed by atoms with E-state index in [0.717, 1.165) is 54.3 Å². The first-order valence-electron chi connectivity index (χ1n) is 10.3. The van der Waals surface area contributed by atoms with Gasteiger partial charge in [-0.1, -0.05) is 31.2 Å². The number of nitrogens with zero attached hydrogens (tertiary/aromatic N) is 2. The van der Waals surface area contributed by atoms with Crippen LogP contribution in [0.25, 0.3) is 0 Å². The molecule has 0 radical (unpaired) electrons. The molecule has 0 unspecified atom stereocenters. The van der Waals surface area contributed by atoms with Gasteiger partial charge in [-0.05, 0) is 55.8 Å². The molecule has 1 aromatic heterocycles. The van der Waals surface area contributed by atoms with Gasteiger partial charge in [-0.15, -0.1) is 0 Å². The summed E-state index contributed by atoms with van der Waals surface area (Å²) in [4.78, 5) is 9.21. The maximum atomic E-state index is 10.3. The van der Waals surface area contributed by atoms with Crippen LogP contribution in [0.2, 0.25) is 0 Å². The van der Waals surface area contributed by atoms with Crippen LogP contribution in [-0.4, -0.2) is 28.7 Å². The zero-order chi connectivity index (χ0) is 20.9. The lowest BCUT2D eigenvalue weighted by Crippen LogP contribution is -2.23. The van der Waals surface area contributed by atoms with Gasteiger partial charge in [0.1, 0.15) is 12.0 Å². The Balaban J connectivity index is 1.60. The Morgan fingerprint density at radius 3 is 2.83 bits per heavy atom. The third-order valence-corrected chi connectivity index (χ3v) is 5.38. The van der Waals surface area contributed by atoms with Crippen molar-refractivity contribution in [3.8, 4) is 0 Å². The van der Waals surface area contributed by atoms with E-state index in [-0.39, 0.29) is 0 Å². The van der Waals surface area contributed by atoms with Gasteiger partial charge in [0.2, 0.25) is 5.95 Å². The number of aromatic nitrogens is 2. The van der Waals surface area contributed by atoms with Crippen molar-refractivity contribution in [2.24, 2.45) is 0 Å². The molecule has 0 fully saturated rings. The molecule has 0 aliphatic carbocycles. The number of nitrogens with one attached hydrogen (secondary N) is 4. The Morgan fingerprint density at radius 1 is 1.13 bits per heavy atom. The molecule has 2 aromatic carbocycles. The van der Waals surface area contributed by atoms with Crippen LogP contribution in [0.15, 0.2) is 48.7 Å². The van der Waals surface area contributed by atoms with Gasteiger partial charge < -0.3 is 21.1 Å². The van der Waals surface area contributed by atoms with E-state index >= 15 is 0 Å². The number of benzene rings is 2. The molecule has 0 bridgehead atoms. The second-order valence-electron chi connectivity index (χ2n) is 7.36. The minimum absolute atomic E-state index is 0.532. The molecule has 0 saturated carbocycles. The second kappa shape index (κ2) is 9.21. The number of hydrogen-bond acceptors (Lipinski definition) is 7. The molecule has 5 N–H and O–H groups in total. The van der Waals surface area contributed by atoms with Crippen molar-refractivity contribution in [3.63, 3.8) is 0 Å². The van der Waals surface area contributed by atoms with Crippen molar-refractivity contribution < 1.29 is 5.11 Å². The Hall–Kier alpha value is -3.00. The molecule has 7 nitrogen and oxygen atoms in total. The van der Waals surface area contributed by atoms with E-state index in [9.17, 15) is 5.11 Å². The van der Waals surface area contributed by atoms with Crippen LogP contribution in [0.5, 0.6) is 0 Å². The fourth-order valence-corrected chi connectivity index (χ4v) is 3.65. The Morgan fingerprint density at radius 2 is 2.00 bits per heavy atom. The quantitative estimate of drug-likeness (QED) is 0.385. The van der Waals surface area contributed by atoms with Gasteiger partial charge in [-0.3, -0.25) is 5.32 Å². The summed E-state index contributed by atoms with van der Waals surface area (Å²) < 4.78 is 0. The molecule has 0 spiro atoms. The molecule has 1 aliphatic heterocycles. The van der Waals surface area contributed by atoms with Gasteiger partial charge in [0.05, 0.1) is 0 Å². The van der Waals surface area contributed by atoms with Crippen LogP contribution in [0.3, 0.4) is 0 Å². The summed E-state index contributed by atoms with van der Waals surface area (Å²) >= 11 is 0. The molecule has 1 aliphatic rings. The van der Waals surface area contributed by atoms with E-state index in [0.29, 0.717) is 5.95 Å². The molecule has 3 aromatic rings. The SMILES string of the molecule is CCc1cnc(Nc2ccc3c(c2)CNCC3)nc1Nc1ccccc1[C@@H](O)NC. The summed E-state index contributed by atoms with van der Waals surface area (Å²) in [6.45, 7) is 3.99. The lowest BCUT2D eigenvalue weighted by molar-refractivity contribution is 0.150. The van der Waals surface area contributed by atoms with E-state index in [2.05, 4.69) is 51.4 Å². The molecular formula is C23H28N6O. The second-order valence-corrected chi connectivity index (χ2v) is 7.36. The van der Waals surface area contributed by atoms with Crippen molar-refractivity contribution in [1.82, 2.24) is 20.6 Å². The first-order valence-corrected chi connectivity index (χ1v) is 10.3. The van der Waals surface area contributed by atoms with Crippen LogP contribution in [0, 0.1) is 0 Å². The Labute approximate surface area is 177 Å². The highest BCUT2D eigenvalue weighted by Gasteiger charge is 2.14. The number of rotatable bonds is 7. The fourth-order valence-electron chi connectivity index (χ4n) is 3.65. The third kappa shape index (κ3) is 4.43. The molecular weight excluding hydrogens is 376 g/mol. The third-order valence-electron chi connectivity index (χ3n) is 5.38. The molecule has 1 atom stereocenters. The van der Waals surface area contributed by atoms with Crippen LogP contribution in [0.1, 0.15) is 35.4 Å². The first kappa shape index (κ1) is 20.3. The maximum absolute atomic E-state index is 10.3. The largest absolute Gasteiger partial charge is 0.374 e. The molecule has 7 heteroatoms. The number of aryl methyl sites for hydroxylation is 1. The fraction of sp³-hybridized carbons (Fsp3) is 0.304. The Bertz CT molecular complexity index is 1020. The summed E-state index contributed by atoms with van der Waals surface area (Å²) in [5, 5.41) is 23.2. The number of hydrogen-bond donors (Lipinski definition) is 5. The van der Waals surface area contributed by atoms with Gasteiger partial charge in [0, 0.05) is 35.2 Å². The first-order chi connectivity index (χ1) is 14.7. The van der Waals surface area contributed by atoms with E-state index in [1.807, 2.05) is 30.5 Å². The minimum atomic E-state index is -0.762. The van der Waals surface area contributed by atoms with Crippen molar-refractivity contribution >= 4 is 23.1 Å². The minimum Gasteiger partial charge on any atom is -0.374 e. The van der Waals surface area contributed by atoms with Gasteiger partial charge in [0.25, 0.3) is 0 Å². The predicted octanol–water partition coefficient (Wildman–Crippen LogP) is 3.38. The standard InChI is InChI=1S/C23H28N6O/c1-3-15-14-26-23(27-18-9-8-16-10-11-25-13-17(16)12-18)29-21(15)28-20-7-5-4-6-19(20)22(30)24-2/h4-9,12,14,22,24-25,30H,3,10-11,13H2,1-2H3,(H2,26,27,28,29)/t22-/m1/s1. The topological polar surface area (TPSA) is 94.1 Å². The van der Waals surface area contributed by atoms with E-state index < -0.39 is 6.23 Å².